The molecule has 0 heterocycles. The molecule has 0 saturated carbocycles. The molecule has 0 spiro atoms. The van der Waals surface area contributed by atoms with Crippen molar-refractivity contribution < 1.29 is 14.3 Å². The van der Waals surface area contributed by atoms with Crippen molar-refractivity contribution in [2.75, 3.05) is 19.7 Å². The number of benzene rings is 1. The van der Waals surface area contributed by atoms with E-state index in [1.54, 1.807) is 13.0 Å². The zero-order valence-electron chi connectivity index (χ0n) is 12.3. The van der Waals surface area contributed by atoms with Gasteiger partial charge in [-0.3, -0.25) is 9.59 Å². The van der Waals surface area contributed by atoms with Gasteiger partial charge in [0, 0.05) is 17.1 Å². The zero-order valence-corrected chi connectivity index (χ0v) is 13.9. The smallest absolute Gasteiger partial charge is 0.325 e. The lowest BCUT2D eigenvalue weighted by Crippen LogP contribution is -2.36. The molecule has 0 saturated heterocycles. The molecular formula is C16H20BrNO3. The number of hydrogen-bond acceptors (Lipinski definition) is 3. The predicted octanol–water partition coefficient (Wildman–Crippen LogP) is 3.26. The summed E-state index contributed by atoms with van der Waals surface area (Å²) in [6.45, 7) is 4.55. The summed E-state index contributed by atoms with van der Waals surface area (Å²) < 4.78 is 5.87. The molecule has 0 radical (unpaired) electrons. The van der Waals surface area contributed by atoms with Crippen molar-refractivity contribution in [3.63, 3.8) is 0 Å². The fourth-order valence-corrected chi connectivity index (χ4v) is 2.01. The molecule has 0 N–H and O–H groups in total. The van der Waals surface area contributed by atoms with Gasteiger partial charge >= 0.3 is 5.97 Å². The van der Waals surface area contributed by atoms with Crippen molar-refractivity contribution >= 4 is 33.9 Å². The summed E-state index contributed by atoms with van der Waals surface area (Å²) in [5.41, 5.74) is 0.930. The van der Waals surface area contributed by atoms with Crippen LogP contribution in [-0.2, 0) is 14.3 Å². The fraction of sp³-hybridized carbons (Fsp3) is 0.375. The Balaban J connectivity index is 2.67. The second-order valence-corrected chi connectivity index (χ2v) is 5.37. The Morgan fingerprint density at radius 1 is 1.24 bits per heavy atom. The van der Waals surface area contributed by atoms with E-state index in [2.05, 4.69) is 15.9 Å². The molecule has 1 rings (SSSR count). The minimum atomic E-state index is -0.378. The molecule has 0 atom stereocenters. The lowest BCUT2D eigenvalue weighted by atomic mass is 10.2. The molecule has 0 fully saturated rings. The first kappa shape index (κ1) is 17.4. The van der Waals surface area contributed by atoms with Crippen molar-refractivity contribution in [2.45, 2.75) is 20.3 Å². The van der Waals surface area contributed by atoms with E-state index in [1.165, 1.54) is 11.0 Å². The monoisotopic (exact) mass is 353 g/mol. The molecule has 114 valence electrons. The summed E-state index contributed by atoms with van der Waals surface area (Å²) in [5.74, 6) is -0.566. The Kier molecular flexibility index (Phi) is 7.75. The number of amides is 1. The third-order valence-corrected chi connectivity index (χ3v) is 3.25. The van der Waals surface area contributed by atoms with Crippen LogP contribution in [0.4, 0.5) is 0 Å². The maximum Gasteiger partial charge on any atom is 0.325 e. The van der Waals surface area contributed by atoms with Crippen LogP contribution in [0.1, 0.15) is 25.8 Å². The van der Waals surface area contributed by atoms with Gasteiger partial charge in [-0.05, 0) is 37.1 Å². The average molecular weight is 354 g/mol. The molecule has 1 aromatic rings. The lowest BCUT2D eigenvalue weighted by molar-refractivity contribution is -0.147. The first-order valence-electron chi connectivity index (χ1n) is 6.95. The number of carbonyl (C=O) groups excluding carboxylic acids is 2. The molecular weight excluding hydrogens is 334 g/mol. The molecule has 4 nitrogen and oxygen atoms in total. The van der Waals surface area contributed by atoms with Crippen LogP contribution in [0.2, 0.25) is 0 Å². The van der Waals surface area contributed by atoms with E-state index >= 15 is 0 Å². The second kappa shape index (κ2) is 9.34. The van der Waals surface area contributed by atoms with Crippen molar-refractivity contribution in [1.29, 1.82) is 0 Å². The van der Waals surface area contributed by atoms with Gasteiger partial charge in [-0.1, -0.05) is 35.0 Å². The quantitative estimate of drug-likeness (QED) is 0.558. The van der Waals surface area contributed by atoms with Gasteiger partial charge < -0.3 is 9.64 Å². The largest absolute Gasteiger partial charge is 0.465 e. The number of carbonyl (C=O) groups is 2. The molecule has 5 heteroatoms. The van der Waals surface area contributed by atoms with Gasteiger partial charge in [0.15, 0.2) is 0 Å². The number of hydrogen-bond donors (Lipinski definition) is 0. The normalized spacial score (nSPS) is 10.6. The Morgan fingerprint density at radius 3 is 2.48 bits per heavy atom. The van der Waals surface area contributed by atoms with E-state index < -0.39 is 0 Å². The van der Waals surface area contributed by atoms with Crippen molar-refractivity contribution in [2.24, 2.45) is 0 Å². The zero-order chi connectivity index (χ0) is 15.7. The van der Waals surface area contributed by atoms with Crippen LogP contribution in [0, 0.1) is 0 Å². The molecule has 0 aromatic heterocycles. The Morgan fingerprint density at radius 2 is 1.90 bits per heavy atom. The molecule has 0 aliphatic carbocycles. The molecule has 0 aliphatic rings. The summed E-state index contributed by atoms with van der Waals surface area (Å²) in [6, 6.07) is 7.63. The standard InChI is InChI=1S/C16H20BrNO3/c1-3-11-18(12-16(20)21-4-2)15(19)10-7-13-5-8-14(17)9-6-13/h5-10H,3-4,11-12H2,1-2H3/b10-7+. The number of halogens is 1. The fourth-order valence-electron chi connectivity index (χ4n) is 1.75. The Bertz CT molecular complexity index is 497. The van der Waals surface area contributed by atoms with Gasteiger partial charge in [-0.25, -0.2) is 0 Å². The summed E-state index contributed by atoms with van der Waals surface area (Å²) in [7, 11) is 0. The number of esters is 1. The first-order chi connectivity index (χ1) is 10.1. The van der Waals surface area contributed by atoms with E-state index in [0.29, 0.717) is 13.2 Å². The topological polar surface area (TPSA) is 46.6 Å². The highest BCUT2D eigenvalue weighted by Crippen LogP contribution is 2.11. The Labute approximate surface area is 133 Å². The third kappa shape index (κ3) is 6.58. The van der Waals surface area contributed by atoms with Crippen molar-refractivity contribution in [3.8, 4) is 0 Å². The van der Waals surface area contributed by atoms with E-state index in [-0.39, 0.29) is 18.4 Å². The van der Waals surface area contributed by atoms with Gasteiger partial charge in [0.1, 0.15) is 6.54 Å². The highest BCUT2D eigenvalue weighted by atomic mass is 79.9. The summed E-state index contributed by atoms with van der Waals surface area (Å²) in [4.78, 5) is 25.1. The van der Waals surface area contributed by atoms with E-state index in [1.807, 2.05) is 31.2 Å². The molecule has 1 amide bonds. The van der Waals surface area contributed by atoms with Crippen LogP contribution in [0.25, 0.3) is 6.08 Å². The van der Waals surface area contributed by atoms with Crippen molar-refractivity contribution in [1.82, 2.24) is 4.90 Å². The molecule has 0 unspecified atom stereocenters. The van der Waals surface area contributed by atoms with Crippen LogP contribution in [0.3, 0.4) is 0 Å². The van der Waals surface area contributed by atoms with Gasteiger partial charge in [0.05, 0.1) is 6.61 Å². The Hall–Kier alpha value is -1.62. The van der Waals surface area contributed by atoms with Crippen molar-refractivity contribution in [3.05, 3.63) is 40.4 Å². The number of ether oxygens (including phenoxy) is 1. The van der Waals surface area contributed by atoms with Crippen LogP contribution in [-0.4, -0.2) is 36.5 Å². The van der Waals surface area contributed by atoms with Gasteiger partial charge in [0.2, 0.25) is 5.91 Å². The van der Waals surface area contributed by atoms with Crippen LogP contribution >= 0.6 is 15.9 Å². The van der Waals surface area contributed by atoms with Gasteiger partial charge in [-0.15, -0.1) is 0 Å². The van der Waals surface area contributed by atoms with Gasteiger partial charge in [-0.2, -0.15) is 0 Å². The molecule has 0 aliphatic heterocycles. The van der Waals surface area contributed by atoms with Crippen LogP contribution < -0.4 is 0 Å². The maximum atomic E-state index is 12.1. The first-order valence-corrected chi connectivity index (χ1v) is 7.74. The molecule has 1 aromatic carbocycles. The summed E-state index contributed by atoms with van der Waals surface area (Å²) in [6.07, 6.45) is 4.01. The molecule has 21 heavy (non-hydrogen) atoms. The highest BCUT2D eigenvalue weighted by molar-refractivity contribution is 9.10. The second-order valence-electron chi connectivity index (χ2n) is 4.45. The number of rotatable bonds is 7. The van der Waals surface area contributed by atoms with E-state index in [4.69, 9.17) is 4.74 Å². The maximum absolute atomic E-state index is 12.1. The predicted molar refractivity (Wildman–Crippen MR) is 86.7 cm³/mol. The molecule has 0 bridgehead atoms. The van der Waals surface area contributed by atoms with Gasteiger partial charge in [0.25, 0.3) is 0 Å². The van der Waals surface area contributed by atoms with Crippen LogP contribution in [0.15, 0.2) is 34.8 Å². The SMILES string of the molecule is CCCN(CC(=O)OCC)C(=O)/C=C/c1ccc(Br)cc1. The summed E-state index contributed by atoms with van der Waals surface area (Å²) in [5, 5.41) is 0. The minimum absolute atomic E-state index is 0.00874. The highest BCUT2D eigenvalue weighted by Gasteiger charge is 2.14. The lowest BCUT2D eigenvalue weighted by Gasteiger charge is -2.19. The van der Waals surface area contributed by atoms with E-state index in [0.717, 1.165) is 16.5 Å². The third-order valence-electron chi connectivity index (χ3n) is 2.72. The minimum Gasteiger partial charge on any atom is -0.465 e. The van der Waals surface area contributed by atoms with E-state index in [9.17, 15) is 9.59 Å². The average Bonchev–Trinajstić information content (AvgIpc) is 2.46. The number of nitrogens with zero attached hydrogens (tertiary/aromatic N) is 1. The van der Waals surface area contributed by atoms with Crippen LogP contribution in [0.5, 0.6) is 0 Å². The summed E-state index contributed by atoms with van der Waals surface area (Å²) >= 11 is 3.36.